The fourth-order valence-corrected chi connectivity index (χ4v) is 4.73. The minimum Gasteiger partial charge on any atom is -0.417 e. The van der Waals surface area contributed by atoms with Crippen molar-refractivity contribution in [3.05, 3.63) is 9.81 Å². The first-order chi connectivity index (χ1) is 12.4. The predicted octanol–water partition coefficient (Wildman–Crippen LogP) is 4.75. The standard InChI is InChI=1S/C18H36N2O4S2Si/c1-13(2)14(16(25-6)26-7)15(21)19-17(22)20-23-11-10-12-24-27(8,9)18(3,4)5/h13H,10-12H2,1-9H3,(H2,19,20,21,22). The molecule has 0 aromatic heterocycles. The molecule has 0 aliphatic carbocycles. The van der Waals surface area contributed by atoms with Crippen LogP contribution in [0.5, 0.6) is 0 Å². The highest BCUT2D eigenvalue weighted by molar-refractivity contribution is 8.21. The van der Waals surface area contributed by atoms with Gasteiger partial charge in [0, 0.05) is 16.4 Å². The predicted molar refractivity (Wildman–Crippen MR) is 119 cm³/mol. The minimum atomic E-state index is -1.76. The molecule has 0 aliphatic heterocycles. The largest absolute Gasteiger partial charge is 0.417 e. The third kappa shape index (κ3) is 9.51. The molecule has 0 atom stereocenters. The second-order valence-electron chi connectivity index (χ2n) is 7.96. The lowest BCUT2D eigenvalue weighted by atomic mass is 10.1. The second-order valence-corrected chi connectivity index (χ2v) is 14.7. The summed E-state index contributed by atoms with van der Waals surface area (Å²) in [6, 6.07) is -0.662. The number of thioether (sulfide) groups is 2. The number of imide groups is 1. The van der Waals surface area contributed by atoms with Crippen molar-refractivity contribution < 1.29 is 18.9 Å². The number of hydroxylamine groups is 1. The van der Waals surface area contributed by atoms with Gasteiger partial charge in [0.1, 0.15) is 0 Å². The van der Waals surface area contributed by atoms with E-state index in [-0.39, 0.29) is 11.0 Å². The summed E-state index contributed by atoms with van der Waals surface area (Å²) in [6.45, 7) is 15.7. The third-order valence-electron chi connectivity index (χ3n) is 4.46. The number of carbonyl (C=O) groups is 2. The number of rotatable bonds is 10. The Bertz CT molecular complexity index is 526. The van der Waals surface area contributed by atoms with Crippen molar-refractivity contribution in [2.75, 3.05) is 25.7 Å². The highest BCUT2D eigenvalue weighted by atomic mass is 32.2. The molecular weight excluding hydrogens is 400 g/mol. The van der Waals surface area contributed by atoms with Gasteiger partial charge in [-0.1, -0.05) is 34.6 Å². The van der Waals surface area contributed by atoms with Crippen LogP contribution in [0.25, 0.3) is 0 Å². The van der Waals surface area contributed by atoms with Crippen LogP contribution in [-0.4, -0.2) is 46.0 Å². The van der Waals surface area contributed by atoms with Crippen LogP contribution >= 0.6 is 23.5 Å². The van der Waals surface area contributed by atoms with Crippen LogP contribution in [0.4, 0.5) is 4.79 Å². The van der Waals surface area contributed by atoms with E-state index in [1.165, 1.54) is 23.5 Å². The molecule has 27 heavy (non-hydrogen) atoms. The van der Waals surface area contributed by atoms with Gasteiger partial charge in [-0.25, -0.2) is 10.3 Å². The summed E-state index contributed by atoms with van der Waals surface area (Å²) < 4.78 is 6.94. The molecular formula is C18H36N2O4S2Si. The van der Waals surface area contributed by atoms with E-state index in [1.54, 1.807) is 0 Å². The Morgan fingerprint density at radius 1 is 1.07 bits per heavy atom. The Labute approximate surface area is 174 Å². The summed E-state index contributed by atoms with van der Waals surface area (Å²) in [7, 11) is -1.76. The lowest BCUT2D eigenvalue weighted by molar-refractivity contribution is -0.117. The van der Waals surface area contributed by atoms with E-state index in [0.717, 1.165) is 4.24 Å². The van der Waals surface area contributed by atoms with Crippen LogP contribution in [0.1, 0.15) is 41.0 Å². The van der Waals surface area contributed by atoms with E-state index >= 15 is 0 Å². The Morgan fingerprint density at radius 3 is 2.07 bits per heavy atom. The van der Waals surface area contributed by atoms with E-state index in [0.29, 0.717) is 25.2 Å². The van der Waals surface area contributed by atoms with Crippen LogP contribution < -0.4 is 10.8 Å². The molecule has 0 saturated heterocycles. The van der Waals surface area contributed by atoms with Crippen LogP contribution in [0, 0.1) is 5.92 Å². The van der Waals surface area contributed by atoms with Gasteiger partial charge in [-0.3, -0.25) is 14.9 Å². The molecule has 3 amide bonds. The molecule has 0 saturated carbocycles. The van der Waals surface area contributed by atoms with Gasteiger partial charge in [0.2, 0.25) is 0 Å². The fourth-order valence-electron chi connectivity index (χ4n) is 1.88. The monoisotopic (exact) mass is 436 g/mol. The number of carbonyl (C=O) groups excluding carboxylic acids is 2. The maximum Gasteiger partial charge on any atom is 0.345 e. The topological polar surface area (TPSA) is 76.7 Å². The molecule has 0 aromatic carbocycles. The minimum absolute atomic E-state index is 0.0149. The van der Waals surface area contributed by atoms with Crippen LogP contribution in [0.3, 0.4) is 0 Å². The lowest BCUT2D eigenvalue weighted by Crippen LogP contribution is -2.42. The van der Waals surface area contributed by atoms with Gasteiger partial charge in [0.05, 0.1) is 6.61 Å². The average molecular weight is 437 g/mol. The Morgan fingerprint density at radius 2 is 1.63 bits per heavy atom. The summed E-state index contributed by atoms with van der Waals surface area (Å²) in [5.74, 6) is -0.382. The van der Waals surface area contributed by atoms with E-state index in [2.05, 4.69) is 44.7 Å². The van der Waals surface area contributed by atoms with E-state index in [1.807, 2.05) is 26.4 Å². The molecule has 0 unspecified atom stereocenters. The van der Waals surface area contributed by atoms with Crippen LogP contribution in [-0.2, 0) is 14.1 Å². The molecule has 0 rings (SSSR count). The van der Waals surface area contributed by atoms with Gasteiger partial charge in [0.15, 0.2) is 8.32 Å². The van der Waals surface area contributed by atoms with Crippen molar-refractivity contribution in [2.24, 2.45) is 5.92 Å². The van der Waals surface area contributed by atoms with Gasteiger partial charge in [-0.2, -0.15) is 0 Å². The summed E-state index contributed by atoms with van der Waals surface area (Å²) in [5, 5.41) is 2.49. The molecule has 0 aliphatic rings. The second kappa shape index (κ2) is 12.2. The SMILES string of the molecule is CSC(SC)=C(C(=O)NC(=O)NOCCCO[Si](C)(C)C(C)(C)C)C(C)C. The van der Waals surface area contributed by atoms with Crippen molar-refractivity contribution in [3.63, 3.8) is 0 Å². The lowest BCUT2D eigenvalue weighted by Gasteiger charge is -2.36. The van der Waals surface area contributed by atoms with E-state index in [4.69, 9.17) is 9.26 Å². The number of nitrogens with one attached hydrogen (secondary N) is 2. The van der Waals surface area contributed by atoms with E-state index in [9.17, 15) is 9.59 Å². The fraction of sp³-hybridized carbons (Fsp3) is 0.778. The van der Waals surface area contributed by atoms with E-state index < -0.39 is 20.3 Å². The average Bonchev–Trinajstić information content (AvgIpc) is 2.53. The molecule has 158 valence electrons. The number of hydrogen-bond acceptors (Lipinski definition) is 6. The van der Waals surface area contributed by atoms with Crippen molar-refractivity contribution in [1.82, 2.24) is 10.8 Å². The van der Waals surface area contributed by atoms with Gasteiger partial charge in [0.25, 0.3) is 5.91 Å². The van der Waals surface area contributed by atoms with Crippen molar-refractivity contribution in [2.45, 2.75) is 59.2 Å². The Balaban J connectivity index is 4.31. The molecule has 9 heteroatoms. The summed E-state index contributed by atoms with van der Waals surface area (Å²) in [6.07, 6.45) is 4.49. The van der Waals surface area contributed by atoms with Gasteiger partial charge in [-0.15, -0.1) is 23.5 Å². The normalized spacial score (nSPS) is 12.1. The third-order valence-corrected chi connectivity index (χ3v) is 11.2. The summed E-state index contributed by atoms with van der Waals surface area (Å²) >= 11 is 3.00. The highest BCUT2D eigenvalue weighted by Crippen LogP contribution is 2.36. The molecule has 0 radical (unpaired) electrons. The van der Waals surface area contributed by atoms with Crippen LogP contribution in [0.15, 0.2) is 9.81 Å². The van der Waals surface area contributed by atoms with Gasteiger partial charge < -0.3 is 4.43 Å². The Kier molecular flexibility index (Phi) is 11.9. The van der Waals surface area contributed by atoms with Crippen molar-refractivity contribution in [3.8, 4) is 0 Å². The summed E-state index contributed by atoms with van der Waals surface area (Å²) in [5.41, 5.74) is 2.86. The zero-order chi connectivity index (χ0) is 21.3. The zero-order valence-corrected chi connectivity index (χ0v) is 20.8. The number of hydrogen-bond donors (Lipinski definition) is 2. The molecule has 0 fully saturated rings. The molecule has 0 bridgehead atoms. The maximum atomic E-state index is 12.4. The van der Waals surface area contributed by atoms with Gasteiger partial charge >= 0.3 is 6.03 Å². The molecule has 0 heterocycles. The molecule has 0 aromatic rings. The Hall–Kier alpha value is -0.483. The smallest absolute Gasteiger partial charge is 0.345 e. The molecule has 2 N–H and O–H groups in total. The zero-order valence-electron chi connectivity index (χ0n) is 18.1. The molecule has 6 nitrogen and oxygen atoms in total. The summed E-state index contributed by atoms with van der Waals surface area (Å²) in [4.78, 5) is 29.4. The highest BCUT2D eigenvalue weighted by Gasteiger charge is 2.36. The number of amides is 3. The first-order valence-electron chi connectivity index (χ1n) is 9.06. The maximum absolute atomic E-state index is 12.4. The quantitative estimate of drug-likeness (QED) is 0.223. The first-order valence-corrected chi connectivity index (χ1v) is 14.4. The molecule has 0 spiro atoms. The van der Waals surface area contributed by atoms with Gasteiger partial charge in [-0.05, 0) is 43.0 Å². The van der Waals surface area contributed by atoms with Crippen LogP contribution in [0.2, 0.25) is 18.1 Å². The number of urea groups is 1. The van der Waals surface area contributed by atoms with Crippen molar-refractivity contribution in [1.29, 1.82) is 0 Å². The first kappa shape index (κ1) is 26.5. The van der Waals surface area contributed by atoms with Crippen molar-refractivity contribution >= 4 is 43.8 Å².